The van der Waals surface area contributed by atoms with Gasteiger partial charge in [-0.3, -0.25) is 0 Å². The van der Waals surface area contributed by atoms with Gasteiger partial charge in [0.2, 0.25) is 0 Å². The standard InChI is InChI=1S/C26H30FN3O6/c1-32-8-9-33-17-6-7-30(12-17)16-4-2-15(3-5-16)24-18(27)10-19-20(29-24)11-23(28-19)36-22-14-35-25-21(31)13-34-26(22)25/h2-5,10-11,17,21-22,25-26,28,31H,6-9,12-14H2,1H3/t17?,21?,22?,25-,26-/m1/s1. The zero-order valence-corrected chi connectivity index (χ0v) is 20.1. The molecular formula is C26H30FN3O6. The number of aromatic nitrogens is 2. The van der Waals surface area contributed by atoms with Gasteiger partial charge in [-0.05, 0) is 18.6 Å². The van der Waals surface area contributed by atoms with E-state index >= 15 is 4.39 Å². The molecule has 0 bridgehead atoms. The SMILES string of the molecule is COCCOC1CCN(c2ccc(-c3nc4cc(OC5CO[C@@H]6C(O)CO[C@H]56)[nH]c4cc3F)cc2)C1. The van der Waals surface area contributed by atoms with Gasteiger partial charge in [0.05, 0.1) is 43.6 Å². The number of aliphatic hydroxyl groups is 1. The van der Waals surface area contributed by atoms with Crippen molar-refractivity contribution in [3.8, 4) is 17.1 Å². The minimum Gasteiger partial charge on any atom is -0.470 e. The smallest absolute Gasteiger partial charge is 0.193 e. The minimum absolute atomic E-state index is 0.193. The fourth-order valence-electron chi connectivity index (χ4n) is 5.21. The lowest BCUT2D eigenvalue weighted by Crippen LogP contribution is -2.34. The summed E-state index contributed by atoms with van der Waals surface area (Å²) < 4.78 is 43.2. The van der Waals surface area contributed by atoms with E-state index in [0.29, 0.717) is 42.3 Å². The fourth-order valence-corrected chi connectivity index (χ4v) is 5.21. The van der Waals surface area contributed by atoms with Crippen LogP contribution in [-0.4, -0.2) is 92.2 Å². The molecule has 3 saturated heterocycles. The number of pyridine rings is 1. The van der Waals surface area contributed by atoms with Crippen LogP contribution >= 0.6 is 0 Å². The maximum atomic E-state index is 15.0. The molecule has 3 unspecified atom stereocenters. The maximum absolute atomic E-state index is 15.0. The number of anilines is 1. The summed E-state index contributed by atoms with van der Waals surface area (Å²) in [6, 6.07) is 11.0. The Morgan fingerprint density at radius 1 is 1.14 bits per heavy atom. The second-order valence-corrected chi connectivity index (χ2v) is 9.47. The van der Waals surface area contributed by atoms with Crippen LogP contribution in [0.1, 0.15) is 6.42 Å². The van der Waals surface area contributed by atoms with E-state index in [4.69, 9.17) is 23.7 Å². The van der Waals surface area contributed by atoms with E-state index in [9.17, 15) is 5.11 Å². The Morgan fingerprint density at radius 2 is 1.97 bits per heavy atom. The Labute approximate surface area is 208 Å². The molecule has 5 atom stereocenters. The summed E-state index contributed by atoms with van der Waals surface area (Å²) >= 11 is 0. The molecule has 0 amide bonds. The summed E-state index contributed by atoms with van der Waals surface area (Å²) in [5.41, 5.74) is 3.21. The molecule has 192 valence electrons. The summed E-state index contributed by atoms with van der Waals surface area (Å²) in [5.74, 6) is 0.0443. The van der Waals surface area contributed by atoms with Crippen LogP contribution in [0.25, 0.3) is 22.3 Å². The molecule has 0 saturated carbocycles. The first-order valence-electron chi connectivity index (χ1n) is 12.3. The molecule has 9 nitrogen and oxygen atoms in total. The molecule has 5 heterocycles. The number of rotatable bonds is 8. The molecule has 3 aliphatic heterocycles. The van der Waals surface area contributed by atoms with Gasteiger partial charge in [0.25, 0.3) is 0 Å². The highest BCUT2D eigenvalue weighted by Crippen LogP contribution is 2.32. The van der Waals surface area contributed by atoms with Crippen LogP contribution < -0.4 is 9.64 Å². The number of nitrogens with one attached hydrogen (secondary N) is 1. The molecule has 3 fully saturated rings. The number of hydrogen-bond acceptors (Lipinski definition) is 8. The Balaban J connectivity index is 1.15. The summed E-state index contributed by atoms with van der Waals surface area (Å²) in [6.45, 7) is 3.48. The Bertz CT molecular complexity index is 1200. The van der Waals surface area contributed by atoms with Crippen molar-refractivity contribution in [2.24, 2.45) is 0 Å². The number of aromatic amines is 1. The Hall–Kier alpha value is -2.76. The number of hydrogen-bond donors (Lipinski definition) is 2. The van der Waals surface area contributed by atoms with E-state index < -0.39 is 11.9 Å². The van der Waals surface area contributed by atoms with Crippen LogP contribution in [-0.2, 0) is 18.9 Å². The van der Waals surface area contributed by atoms with Crippen LogP contribution in [0, 0.1) is 5.82 Å². The third kappa shape index (κ3) is 4.55. The third-order valence-corrected chi connectivity index (χ3v) is 7.08. The lowest BCUT2D eigenvalue weighted by molar-refractivity contribution is 0.00794. The Morgan fingerprint density at radius 3 is 2.81 bits per heavy atom. The summed E-state index contributed by atoms with van der Waals surface area (Å²) in [4.78, 5) is 9.91. The van der Waals surface area contributed by atoms with E-state index in [0.717, 1.165) is 25.2 Å². The second kappa shape index (κ2) is 9.95. The zero-order valence-electron chi connectivity index (χ0n) is 20.1. The number of methoxy groups -OCH3 is 1. The number of halogens is 1. The number of ether oxygens (including phenoxy) is 5. The molecule has 0 radical (unpaired) electrons. The first-order valence-corrected chi connectivity index (χ1v) is 12.3. The fraction of sp³-hybridized carbons (Fsp3) is 0.500. The van der Waals surface area contributed by atoms with Crippen LogP contribution in [0.15, 0.2) is 36.4 Å². The van der Waals surface area contributed by atoms with E-state index in [1.165, 1.54) is 6.07 Å². The third-order valence-electron chi connectivity index (χ3n) is 7.08. The summed E-state index contributed by atoms with van der Waals surface area (Å²) in [5, 5.41) is 9.92. The topological polar surface area (TPSA) is 98.3 Å². The monoisotopic (exact) mass is 499 g/mol. The van der Waals surface area contributed by atoms with Crippen LogP contribution in [0.3, 0.4) is 0 Å². The maximum Gasteiger partial charge on any atom is 0.193 e. The van der Waals surface area contributed by atoms with Crippen LogP contribution in [0.2, 0.25) is 0 Å². The minimum atomic E-state index is -0.642. The van der Waals surface area contributed by atoms with Crippen molar-refractivity contribution in [1.29, 1.82) is 0 Å². The van der Waals surface area contributed by atoms with Crippen molar-refractivity contribution in [3.05, 3.63) is 42.2 Å². The first kappa shape index (κ1) is 23.6. The van der Waals surface area contributed by atoms with E-state index in [-0.39, 0.29) is 36.7 Å². The van der Waals surface area contributed by atoms with Crippen LogP contribution in [0.4, 0.5) is 10.1 Å². The number of benzene rings is 1. The molecule has 1 aromatic carbocycles. The first-order chi connectivity index (χ1) is 17.6. The molecule has 3 aromatic rings. The normalized spacial score (nSPS) is 27.8. The number of H-pyrrole nitrogens is 1. The largest absolute Gasteiger partial charge is 0.470 e. The highest BCUT2D eigenvalue weighted by Gasteiger charge is 2.48. The van der Waals surface area contributed by atoms with Gasteiger partial charge >= 0.3 is 0 Å². The van der Waals surface area contributed by atoms with Crippen LogP contribution in [0.5, 0.6) is 5.88 Å². The molecule has 10 heteroatoms. The summed E-state index contributed by atoms with van der Waals surface area (Å²) in [7, 11) is 1.67. The molecule has 3 aliphatic rings. The summed E-state index contributed by atoms with van der Waals surface area (Å²) in [6.07, 6.45) is -0.535. The lowest BCUT2D eigenvalue weighted by atomic mass is 10.1. The molecule has 2 N–H and O–H groups in total. The highest BCUT2D eigenvalue weighted by molar-refractivity contribution is 5.81. The van der Waals surface area contributed by atoms with Crippen molar-refractivity contribution < 1.29 is 33.2 Å². The molecule has 0 aliphatic carbocycles. The lowest BCUT2D eigenvalue weighted by Gasteiger charge is -2.19. The molecular weight excluding hydrogens is 469 g/mol. The average Bonchev–Trinajstić information content (AvgIpc) is 3.66. The van der Waals surface area contributed by atoms with Gasteiger partial charge in [-0.1, -0.05) is 12.1 Å². The molecule has 6 rings (SSSR count). The van der Waals surface area contributed by atoms with Crippen molar-refractivity contribution in [3.63, 3.8) is 0 Å². The number of nitrogens with zero attached hydrogens (tertiary/aromatic N) is 2. The van der Waals surface area contributed by atoms with Gasteiger partial charge in [0, 0.05) is 43.6 Å². The van der Waals surface area contributed by atoms with Gasteiger partial charge < -0.3 is 38.7 Å². The Kier molecular flexibility index (Phi) is 6.53. The van der Waals surface area contributed by atoms with Gasteiger partial charge in [0.1, 0.15) is 24.0 Å². The highest BCUT2D eigenvalue weighted by atomic mass is 19.1. The van der Waals surface area contributed by atoms with Gasteiger partial charge in [-0.15, -0.1) is 0 Å². The van der Waals surface area contributed by atoms with Crippen molar-refractivity contribution in [1.82, 2.24) is 9.97 Å². The van der Waals surface area contributed by atoms with E-state index in [1.54, 1.807) is 13.2 Å². The van der Waals surface area contributed by atoms with Crippen molar-refractivity contribution >= 4 is 16.7 Å². The van der Waals surface area contributed by atoms with Gasteiger partial charge in [-0.2, -0.15) is 0 Å². The van der Waals surface area contributed by atoms with Gasteiger partial charge in [0.15, 0.2) is 17.8 Å². The molecule has 0 spiro atoms. The predicted octanol–water partition coefficient (Wildman–Crippen LogP) is 2.52. The van der Waals surface area contributed by atoms with Gasteiger partial charge in [-0.25, -0.2) is 9.37 Å². The quantitative estimate of drug-likeness (QED) is 0.457. The van der Waals surface area contributed by atoms with Crippen molar-refractivity contribution in [2.45, 2.75) is 36.9 Å². The molecule has 2 aromatic heterocycles. The number of fused-ring (bicyclic) bond motifs is 2. The predicted molar refractivity (Wildman–Crippen MR) is 130 cm³/mol. The van der Waals surface area contributed by atoms with E-state index in [1.807, 2.05) is 24.3 Å². The van der Waals surface area contributed by atoms with E-state index in [2.05, 4.69) is 14.9 Å². The van der Waals surface area contributed by atoms with Crippen molar-refractivity contribution in [2.75, 3.05) is 51.5 Å². The average molecular weight is 500 g/mol. The second-order valence-electron chi connectivity index (χ2n) is 9.47. The molecule has 36 heavy (non-hydrogen) atoms. The number of aliphatic hydroxyl groups excluding tert-OH is 1. The zero-order chi connectivity index (χ0) is 24.6.